The van der Waals surface area contributed by atoms with Crippen molar-refractivity contribution in [2.45, 2.75) is 13.8 Å². The highest BCUT2D eigenvalue weighted by atomic mass is 19.1. The number of halogens is 1. The minimum absolute atomic E-state index is 0.287. The van der Waals surface area contributed by atoms with E-state index in [1.54, 1.807) is 13.0 Å². The second-order valence-corrected chi connectivity index (χ2v) is 4.12. The third kappa shape index (κ3) is 2.16. The summed E-state index contributed by atoms with van der Waals surface area (Å²) >= 11 is 0. The van der Waals surface area contributed by atoms with Gasteiger partial charge in [-0.1, -0.05) is 35.9 Å². The molecule has 0 saturated heterocycles. The van der Waals surface area contributed by atoms with Gasteiger partial charge in [-0.25, -0.2) is 4.39 Å². The number of hydrogen-bond acceptors (Lipinski definition) is 1. The van der Waals surface area contributed by atoms with Crippen LogP contribution in [0.1, 0.15) is 11.1 Å². The highest BCUT2D eigenvalue weighted by Gasteiger charge is 2.11. The van der Waals surface area contributed by atoms with Crippen molar-refractivity contribution in [2.75, 3.05) is 7.11 Å². The average molecular weight is 230 g/mol. The number of benzene rings is 2. The van der Waals surface area contributed by atoms with E-state index in [1.807, 2.05) is 37.3 Å². The molecule has 0 unspecified atom stereocenters. The molecule has 0 aliphatic heterocycles. The summed E-state index contributed by atoms with van der Waals surface area (Å²) in [6.07, 6.45) is 0. The van der Waals surface area contributed by atoms with Crippen molar-refractivity contribution in [3.05, 3.63) is 53.3 Å². The van der Waals surface area contributed by atoms with Crippen molar-refractivity contribution in [2.24, 2.45) is 0 Å². The molecule has 2 heteroatoms. The van der Waals surface area contributed by atoms with Crippen molar-refractivity contribution in [1.29, 1.82) is 0 Å². The second kappa shape index (κ2) is 4.58. The van der Waals surface area contributed by atoms with Crippen LogP contribution in [0.2, 0.25) is 0 Å². The van der Waals surface area contributed by atoms with Crippen LogP contribution in [-0.4, -0.2) is 7.11 Å². The largest absolute Gasteiger partial charge is 0.494 e. The first-order valence-electron chi connectivity index (χ1n) is 5.53. The first kappa shape index (κ1) is 11.6. The summed E-state index contributed by atoms with van der Waals surface area (Å²) in [5.74, 6) is 0.00365. The molecule has 0 aliphatic rings. The van der Waals surface area contributed by atoms with Gasteiger partial charge in [0, 0.05) is 0 Å². The second-order valence-electron chi connectivity index (χ2n) is 4.12. The van der Waals surface area contributed by atoms with Gasteiger partial charge in [0.1, 0.15) is 0 Å². The summed E-state index contributed by atoms with van der Waals surface area (Å²) in [6.45, 7) is 3.80. The third-order valence-corrected chi connectivity index (χ3v) is 2.93. The van der Waals surface area contributed by atoms with Gasteiger partial charge in [0.25, 0.3) is 0 Å². The van der Waals surface area contributed by atoms with E-state index in [-0.39, 0.29) is 5.82 Å². The Labute approximate surface area is 101 Å². The van der Waals surface area contributed by atoms with Gasteiger partial charge in [0.2, 0.25) is 0 Å². The molecule has 0 saturated carbocycles. The van der Waals surface area contributed by atoms with E-state index in [9.17, 15) is 4.39 Å². The van der Waals surface area contributed by atoms with Crippen molar-refractivity contribution < 1.29 is 9.13 Å². The Morgan fingerprint density at radius 3 is 2.18 bits per heavy atom. The van der Waals surface area contributed by atoms with Crippen LogP contribution in [0.15, 0.2) is 36.4 Å². The van der Waals surface area contributed by atoms with E-state index in [2.05, 4.69) is 0 Å². The van der Waals surface area contributed by atoms with E-state index in [0.29, 0.717) is 11.3 Å². The van der Waals surface area contributed by atoms with Gasteiger partial charge >= 0.3 is 0 Å². The Kier molecular flexibility index (Phi) is 3.14. The van der Waals surface area contributed by atoms with Gasteiger partial charge in [-0.2, -0.15) is 0 Å². The topological polar surface area (TPSA) is 9.23 Å². The van der Waals surface area contributed by atoms with Gasteiger partial charge in [0.05, 0.1) is 7.11 Å². The average Bonchev–Trinajstić information content (AvgIpc) is 2.34. The van der Waals surface area contributed by atoms with Crippen molar-refractivity contribution >= 4 is 0 Å². The lowest BCUT2D eigenvalue weighted by atomic mass is 9.99. The highest BCUT2D eigenvalue weighted by molar-refractivity contribution is 5.68. The molecular weight excluding hydrogens is 215 g/mol. The summed E-state index contributed by atoms with van der Waals surface area (Å²) in [6, 6.07) is 11.6. The molecule has 88 valence electrons. The summed E-state index contributed by atoms with van der Waals surface area (Å²) in [5.41, 5.74) is 3.74. The summed E-state index contributed by atoms with van der Waals surface area (Å²) in [7, 11) is 1.48. The number of aryl methyl sites for hydroxylation is 1. The van der Waals surface area contributed by atoms with Gasteiger partial charge in [0.15, 0.2) is 11.6 Å². The van der Waals surface area contributed by atoms with E-state index >= 15 is 0 Å². The molecule has 0 radical (unpaired) electrons. The van der Waals surface area contributed by atoms with E-state index in [1.165, 1.54) is 12.7 Å². The molecule has 0 aromatic heterocycles. The van der Waals surface area contributed by atoms with Crippen LogP contribution in [0.5, 0.6) is 5.75 Å². The molecule has 0 heterocycles. The minimum Gasteiger partial charge on any atom is -0.494 e. The van der Waals surface area contributed by atoms with Crippen LogP contribution in [0.4, 0.5) is 4.39 Å². The smallest absolute Gasteiger partial charge is 0.168 e. The Bertz CT molecular complexity index is 529. The Balaban J connectivity index is 2.53. The van der Waals surface area contributed by atoms with Gasteiger partial charge in [-0.15, -0.1) is 0 Å². The number of hydrogen-bond donors (Lipinski definition) is 0. The Morgan fingerprint density at radius 2 is 1.59 bits per heavy atom. The minimum atomic E-state index is -0.287. The molecule has 0 aliphatic carbocycles. The summed E-state index contributed by atoms with van der Waals surface area (Å²) in [5, 5.41) is 0. The molecule has 17 heavy (non-hydrogen) atoms. The fourth-order valence-electron chi connectivity index (χ4n) is 1.86. The molecule has 0 N–H and O–H groups in total. The number of ether oxygens (including phenoxy) is 1. The molecule has 0 spiro atoms. The van der Waals surface area contributed by atoms with E-state index in [0.717, 1.165) is 11.1 Å². The lowest BCUT2D eigenvalue weighted by molar-refractivity contribution is 0.385. The van der Waals surface area contributed by atoms with Crippen LogP contribution < -0.4 is 4.74 Å². The highest BCUT2D eigenvalue weighted by Crippen LogP contribution is 2.30. The molecule has 0 atom stereocenters. The zero-order valence-corrected chi connectivity index (χ0v) is 10.3. The lowest BCUT2D eigenvalue weighted by Gasteiger charge is -2.10. The number of rotatable bonds is 2. The Morgan fingerprint density at radius 1 is 0.941 bits per heavy atom. The standard InChI is InChI=1S/C15H15FO/c1-10-4-6-12(7-5-10)13-8-9-14(17-3)15(16)11(13)2/h4-9H,1-3H3. The monoisotopic (exact) mass is 230 g/mol. The van der Waals surface area contributed by atoms with E-state index in [4.69, 9.17) is 4.74 Å². The van der Waals surface area contributed by atoms with Crippen molar-refractivity contribution in [3.63, 3.8) is 0 Å². The first-order chi connectivity index (χ1) is 8.13. The van der Waals surface area contributed by atoms with E-state index < -0.39 is 0 Å². The molecule has 0 amide bonds. The SMILES string of the molecule is COc1ccc(-c2ccc(C)cc2)c(C)c1F. The van der Waals surface area contributed by atoms with Crippen molar-refractivity contribution in [3.8, 4) is 16.9 Å². The summed E-state index contributed by atoms with van der Waals surface area (Å²) in [4.78, 5) is 0. The van der Waals surface area contributed by atoms with Crippen LogP contribution in [0.25, 0.3) is 11.1 Å². The molecule has 2 aromatic carbocycles. The molecular formula is C15H15FO. The maximum Gasteiger partial charge on any atom is 0.168 e. The molecule has 2 rings (SSSR count). The molecule has 2 aromatic rings. The predicted molar refractivity (Wildman–Crippen MR) is 67.9 cm³/mol. The van der Waals surface area contributed by atoms with Crippen LogP contribution >= 0.6 is 0 Å². The quantitative estimate of drug-likeness (QED) is 0.754. The van der Waals surface area contributed by atoms with Crippen molar-refractivity contribution in [1.82, 2.24) is 0 Å². The third-order valence-electron chi connectivity index (χ3n) is 2.93. The molecule has 1 nitrogen and oxygen atoms in total. The fraction of sp³-hybridized carbons (Fsp3) is 0.200. The maximum atomic E-state index is 13.9. The van der Waals surface area contributed by atoms with Gasteiger partial charge < -0.3 is 4.74 Å². The van der Waals surface area contributed by atoms with Crippen LogP contribution in [-0.2, 0) is 0 Å². The van der Waals surface area contributed by atoms with Gasteiger partial charge in [-0.3, -0.25) is 0 Å². The van der Waals surface area contributed by atoms with Gasteiger partial charge in [-0.05, 0) is 36.6 Å². The fourth-order valence-corrected chi connectivity index (χ4v) is 1.86. The summed E-state index contributed by atoms with van der Waals surface area (Å²) < 4.78 is 18.9. The van der Waals surface area contributed by atoms with Crippen LogP contribution in [0, 0.1) is 19.7 Å². The molecule has 0 bridgehead atoms. The van der Waals surface area contributed by atoms with Crippen LogP contribution in [0.3, 0.4) is 0 Å². The predicted octanol–water partition coefficient (Wildman–Crippen LogP) is 4.12. The molecule has 0 fully saturated rings. The number of methoxy groups -OCH3 is 1. The normalized spacial score (nSPS) is 10.4. The lowest BCUT2D eigenvalue weighted by Crippen LogP contribution is -1.93. The zero-order valence-electron chi connectivity index (χ0n) is 10.3. The zero-order chi connectivity index (χ0) is 12.4. The Hall–Kier alpha value is -1.83. The maximum absolute atomic E-state index is 13.9. The first-order valence-corrected chi connectivity index (χ1v) is 5.53.